The molecule has 1 amide bonds. The van der Waals surface area contributed by atoms with Crippen molar-refractivity contribution in [3.63, 3.8) is 0 Å². The van der Waals surface area contributed by atoms with Crippen LogP contribution in [-0.4, -0.2) is 17.4 Å². The zero-order valence-corrected chi connectivity index (χ0v) is 9.89. The number of carbonyl (C=O) groups excluding carboxylic acids is 1. The van der Waals surface area contributed by atoms with Crippen LogP contribution in [0.2, 0.25) is 0 Å². The molecule has 15 heavy (non-hydrogen) atoms. The first-order valence-corrected chi connectivity index (χ1v) is 5.56. The Kier molecular flexibility index (Phi) is 4.94. The van der Waals surface area contributed by atoms with Crippen molar-refractivity contribution >= 4 is 22.4 Å². The van der Waals surface area contributed by atoms with E-state index in [9.17, 15) is 4.79 Å². The topological polar surface area (TPSA) is 33.2 Å². The van der Waals surface area contributed by atoms with Crippen molar-refractivity contribution in [2.75, 3.05) is 11.4 Å². The predicted octanol–water partition coefficient (Wildman–Crippen LogP) is 3.18. The van der Waals surface area contributed by atoms with Crippen molar-refractivity contribution in [2.24, 2.45) is 5.41 Å². The molecule has 0 aromatic carbocycles. The number of thiazole rings is 1. The molecule has 0 saturated heterocycles. The Balaban J connectivity index is 0.00000196. The van der Waals surface area contributed by atoms with E-state index in [1.54, 1.807) is 11.1 Å². The Morgan fingerprint density at radius 2 is 2.13 bits per heavy atom. The van der Waals surface area contributed by atoms with Crippen LogP contribution >= 0.6 is 11.3 Å². The lowest BCUT2D eigenvalue weighted by Gasteiger charge is -2.26. The molecule has 4 heteroatoms. The van der Waals surface area contributed by atoms with Gasteiger partial charge in [0, 0.05) is 23.5 Å². The summed E-state index contributed by atoms with van der Waals surface area (Å²) in [5, 5.41) is 2.67. The lowest BCUT2D eigenvalue weighted by Crippen LogP contribution is -2.39. The van der Waals surface area contributed by atoms with Gasteiger partial charge in [-0.2, -0.15) is 0 Å². The molecule has 1 rings (SSSR count). The van der Waals surface area contributed by atoms with E-state index in [1.807, 2.05) is 33.1 Å². The average Bonchev–Trinajstić information content (AvgIpc) is 2.57. The molecule has 3 nitrogen and oxygen atoms in total. The summed E-state index contributed by atoms with van der Waals surface area (Å²) in [6.07, 6.45) is 1.72. The Morgan fingerprint density at radius 3 is 2.47 bits per heavy atom. The number of anilines is 1. The van der Waals surface area contributed by atoms with E-state index < -0.39 is 0 Å². The maximum atomic E-state index is 12.0. The SMILES string of the molecule is C.CCN(C(=O)C(C)(C)C)c1nccs1. The zero-order valence-electron chi connectivity index (χ0n) is 9.07. The number of rotatable bonds is 2. The number of aromatic nitrogens is 1. The third-order valence-corrected chi connectivity index (χ3v) is 2.65. The Bertz CT molecular complexity index is 301. The molecule has 0 spiro atoms. The molecule has 0 atom stereocenters. The van der Waals surface area contributed by atoms with E-state index >= 15 is 0 Å². The highest BCUT2D eigenvalue weighted by atomic mass is 32.1. The van der Waals surface area contributed by atoms with Crippen molar-refractivity contribution in [3.05, 3.63) is 11.6 Å². The lowest BCUT2D eigenvalue weighted by atomic mass is 9.95. The molecule has 0 saturated carbocycles. The minimum atomic E-state index is -0.346. The second kappa shape index (κ2) is 5.26. The first-order valence-electron chi connectivity index (χ1n) is 4.68. The number of nitrogens with zero attached hydrogens (tertiary/aromatic N) is 2. The maximum Gasteiger partial charge on any atom is 0.234 e. The fraction of sp³-hybridized carbons (Fsp3) is 0.636. The van der Waals surface area contributed by atoms with Crippen LogP contribution in [0.25, 0.3) is 0 Å². The zero-order chi connectivity index (χ0) is 10.8. The molecule has 0 aliphatic carbocycles. The van der Waals surface area contributed by atoms with Crippen LogP contribution in [0, 0.1) is 5.41 Å². The molecule has 0 bridgehead atoms. The molecule has 0 aliphatic rings. The van der Waals surface area contributed by atoms with Crippen molar-refractivity contribution in [2.45, 2.75) is 35.1 Å². The quantitative estimate of drug-likeness (QED) is 0.779. The van der Waals surface area contributed by atoms with Gasteiger partial charge in [-0.3, -0.25) is 9.69 Å². The third kappa shape index (κ3) is 3.30. The van der Waals surface area contributed by atoms with Gasteiger partial charge in [-0.1, -0.05) is 28.2 Å². The molecule has 0 unspecified atom stereocenters. The van der Waals surface area contributed by atoms with Crippen molar-refractivity contribution < 1.29 is 4.79 Å². The molecule has 1 aromatic heterocycles. The summed E-state index contributed by atoms with van der Waals surface area (Å²) < 4.78 is 0. The van der Waals surface area contributed by atoms with Crippen molar-refractivity contribution in [1.82, 2.24) is 4.98 Å². The monoisotopic (exact) mass is 228 g/mol. The molecule has 0 N–H and O–H groups in total. The summed E-state index contributed by atoms with van der Waals surface area (Å²) in [4.78, 5) is 17.9. The molecule has 0 radical (unpaired) electrons. The van der Waals surface area contributed by atoms with Gasteiger partial charge in [0.15, 0.2) is 5.13 Å². The van der Waals surface area contributed by atoms with Crippen LogP contribution in [0.1, 0.15) is 35.1 Å². The molecule has 1 aromatic rings. The summed E-state index contributed by atoms with van der Waals surface area (Å²) in [7, 11) is 0. The number of carbonyl (C=O) groups is 1. The van der Waals surface area contributed by atoms with Crippen molar-refractivity contribution in [3.8, 4) is 0 Å². The molecular weight excluding hydrogens is 208 g/mol. The molecule has 1 heterocycles. The summed E-state index contributed by atoms with van der Waals surface area (Å²) >= 11 is 1.49. The highest BCUT2D eigenvalue weighted by molar-refractivity contribution is 7.13. The van der Waals surface area contributed by atoms with Gasteiger partial charge in [0.05, 0.1) is 0 Å². The Hall–Kier alpha value is -0.900. The summed E-state index contributed by atoms with van der Waals surface area (Å²) in [6.45, 7) is 8.40. The van der Waals surface area contributed by atoms with Crippen LogP contribution < -0.4 is 4.90 Å². The number of hydrogen-bond donors (Lipinski definition) is 0. The van der Waals surface area contributed by atoms with Gasteiger partial charge >= 0.3 is 0 Å². The fourth-order valence-corrected chi connectivity index (χ4v) is 1.82. The lowest BCUT2D eigenvalue weighted by molar-refractivity contribution is -0.125. The van der Waals surface area contributed by atoms with E-state index in [0.717, 1.165) is 5.13 Å². The molecular formula is C11H20N2OS. The van der Waals surface area contributed by atoms with E-state index in [2.05, 4.69) is 4.98 Å². The van der Waals surface area contributed by atoms with E-state index in [1.165, 1.54) is 11.3 Å². The first-order chi connectivity index (χ1) is 6.46. The van der Waals surface area contributed by atoms with E-state index in [4.69, 9.17) is 0 Å². The standard InChI is InChI=1S/C10H16N2OS.CH4/c1-5-12(8(13)10(2,3)4)9-11-6-7-14-9;/h6-7H,5H2,1-4H3;1H4. The van der Waals surface area contributed by atoms with Gasteiger partial charge in [0.1, 0.15) is 0 Å². The third-order valence-electron chi connectivity index (χ3n) is 1.85. The second-order valence-electron chi connectivity index (χ2n) is 4.11. The van der Waals surface area contributed by atoms with Crippen LogP contribution in [0.4, 0.5) is 5.13 Å². The Labute approximate surface area is 96.1 Å². The normalized spacial score (nSPS) is 10.7. The van der Waals surface area contributed by atoms with E-state index in [-0.39, 0.29) is 18.7 Å². The highest BCUT2D eigenvalue weighted by Gasteiger charge is 2.28. The molecule has 86 valence electrons. The minimum Gasteiger partial charge on any atom is -0.288 e. The van der Waals surface area contributed by atoms with Crippen LogP contribution in [-0.2, 0) is 4.79 Å². The van der Waals surface area contributed by atoms with Gasteiger partial charge in [-0.05, 0) is 6.92 Å². The number of amides is 1. The van der Waals surface area contributed by atoms with E-state index in [0.29, 0.717) is 6.54 Å². The van der Waals surface area contributed by atoms with Gasteiger partial charge in [0.25, 0.3) is 0 Å². The predicted molar refractivity (Wildman–Crippen MR) is 66.3 cm³/mol. The van der Waals surface area contributed by atoms with Crippen LogP contribution in [0.15, 0.2) is 11.6 Å². The molecule has 0 aliphatic heterocycles. The van der Waals surface area contributed by atoms with Gasteiger partial charge in [-0.15, -0.1) is 11.3 Å². The smallest absolute Gasteiger partial charge is 0.234 e. The summed E-state index contributed by atoms with van der Waals surface area (Å²) in [5.41, 5.74) is -0.346. The largest absolute Gasteiger partial charge is 0.288 e. The average molecular weight is 228 g/mol. The van der Waals surface area contributed by atoms with Gasteiger partial charge in [-0.25, -0.2) is 4.98 Å². The van der Waals surface area contributed by atoms with Gasteiger partial charge in [0.2, 0.25) is 5.91 Å². The summed E-state index contributed by atoms with van der Waals surface area (Å²) in [5.74, 6) is 0.120. The van der Waals surface area contributed by atoms with Crippen LogP contribution in [0.5, 0.6) is 0 Å². The maximum absolute atomic E-state index is 12.0. The first kappa shape index (κ1) is 14.1. The summed E-state index contributed by atoms with van der Waals surface area (Å²) in [6, 6.07) is 0. The van der Waals surface area contributed by atoms with Crippen LogP contribution in [0.3, 0.4) is 0 Å². The van der Waals surface area contributed by atoms with Crippen molar-refractivity contribution in [1.29, 1.82) is 0 Å². The second-order valence-corrected chi connectivity index (χ2v) is 4.99. The minimum absolute atomic E-state index is 0. The highest BCUT2D eigenvalue weighted by Crippen LogP contribution is 2.24. The fourth-order valence-electron chi connectivity index (χ4n) is 1.12. The Morgan fingerprint density at radius 1 is 1.53 bits per heavy atom. The molecule has 0 fully saturated rings. The number of hydrogen-bond acceptors (Lipinski definition) is 3. The van der Waals surface area contributed by atoms with Gasteiger partial charge < -0.3 is 0 Å².